The van der Waals surface area contributed by atoms with Crippen LogP contribution in [0.25, 0.3) is 0 Å². The van der Waals surface area contributed by atoms with Gasteiger partial charge in [0.25, 0.3) is 0 Å². The van der Waals surface area contributed by atoms with Crippen LogP contribution in [-0.4, -0.2) is 17.5 Å². The standard InChI is InChI=1S/C18H22N4.HI/c1-18(11-6-8-14-7-2-3-9-15(14)18)13-21-17(19)22-16-10-4-5-12-20-16;/h2-5,7,9-10,12H,6,8,11,13H2,1H3,(H3,19,20,21,22);1H. The molecule has 1 aromatic heterocycles. The van der Waals surface area contributed by atoms with Gasteiger partial charge >= 0.3 is 0 Å². The molecular weight excluding hydrogens is 399 g/mol. The van der Waals surface area contributed by atoms with E-state index in [4.69, 9.17) is 5.73 Å². The second kappa shape index (κ2) is 7.77. The number of guanidine groups is 1. The lowest BCUT2D eigenvalue weighted by Gasteiger charge is -2.34. The monoisotopic (exact) mass is 422 g/mol. The minimum absolute atomic E-state index is 0. The molecule has 1 heterocycles. The van der Waals surface area contributed by atoms with Crippen LogP contribution in [0.15, 0.2) is 53.7 Å². The number of aliphatic imine (C=N–C) groups is 1. The highest BCUT2D eigenvalue weighted by Gasteiger charge is 2.31. The number of nitrogens with two attached hydrogens (primary N) is 1. The van der Waals surface area contributed by atoms with Gasteiger partial charge in [0, 0.05) is 11.6 Å². The van der Waals surface area contributed by atoms with E-state index in [9.17, 15) is 0 Å². The number of hydrogen-bond acceptors (Lipinski definition) is 2. The summed E-state index contributed by atoms with van der Waals surface area (Å²) in [5, 5.41) is 3.04. The first-order valence-corrected chi connectivity index (χ1v) is 7.74. The van der Waals surface area contributed by atoms with Crippen LogP contribution in [0.3, 0.4) is 0 Å². The summed E-state index contributed by atoms with van der Waals surface area (Å²) in [6.45, 7) is 2.97. The third kappa shape index (κ3) is 4.22. The summed E-state index contributed by atoms with van der Waals surface area (Å²) in [5.41, 5.74) is 8.92. The lowest BCUT2D eigenvalue weighted by Crippen LogP contribution is -2.33. The van der Waals surface area contributed by atoms with Crippen LogP contribution in [0.1, 0.15) is 30.9 Å². The normalized spacial score (nSPS) is 20.3. The third-order valence-electron chi connectivity index (χ3n) is 4.36. The molecule has 2 aromatic rings. The molecule has 1 atom stereocenters. The number of halogens is 1. The number of fused-ring (bicyclic) bond motifs is 1. The fourth-order valence-corrected chi connectivity index (χ4v) is 3.16. The SMILES string of the molecule is CC1(CN=C(N)Nc2ccccn2)CCCc2ccccc21.I. The van der Waals surface area contributed by atoms with Gasteiger partial charge in [-0.3, -0.25) is 4.99 Å². The minimum atomic E-state index is 0. The van der Waals surface area contributed by atoms with Gasteiger partial charge in [0.2, 0.25) is 0 Å². The van der Waals surface area contributed by atoms with Gasteiger partial charge in [0.15, 0.2) is 5.96 Å². The predicted molar refractivity (Wildman–Crippen MR) is 106 cm³/mol. The topological polar surface area (TPSA) is 63.3 Å². The van der Waals surface area contributed by atoms with Crippen LogP contribution in [-0.2, 0) is 11.8 Å². The van der Waals surface area contributed by atoms with Crippen LogP contribution in [0.4, 0.5) is 5.82 Å². The fraction of sp³-hybridized carbons (Fsp3) is 0.333. The number of anilines is 1. The van der Waals surface area contributed by atoms with Crippen LogP contribution >= 0.6 is 24.0 Å². The molecule has 0 saturated heterocycles. The van der Waals surface area contributed by atoms with E-state index in [-0.39, 0.29) is 29.4 Å². The molecule has 0 amide bonds. The maximum atomic E-state index is 6.00. The van der Waals surface area contributed by atoms with Crippen molar-refractivity contribution in [1.82, 2.24) is 4.98 Å². The van der Waals surface area contributed by atoms with Crippen molar-refractivity contribution in [3.63, 3.8) is 0 Å². The number of aromatic nitrogens is 1. The highest BCUT2D eigenvalue weighted by molar-refractivity contribution is 14.0. The van der Waals surface area contributed by atoms with Crippen molar-refractivity contribution in [2.24, 2.45) is 10.7 Å². The Bertz CT molecular complexity index is 672. The molecule has 5 heteroatoms. The van der Waals surface area contributed by atoms with E-state index >= 15 is 0 Å². The molecule has 0 spiro atoms. The number of hydrogen-bond donors (Lipinski definition) is 2. The summed E-state index contributed by atoms with van der Waals surface area (Å²) in [6.07, 6.45) is 5.24. The molecule has 1 aliphatic rings. The number of benzene rings is 1. The Balaban J connectivity index is 0.00000192. The second-order valence-electron chi connectivity index (χ2n) is 6.11. The van der Waals surface area contributed by atoms with Gasteiger partial charge in [-0.25, -0.2) is 4.98 Å². The van der Waals surface area contributed by atoms with Crippen molar-refractivity contribution in [2.75, 3.05) is 11.9 Å². The number of pyridine rings is 1. The van der Waals surface area contributed by atoms with Gasteiger partial charge in [-0.2, -0.15) is 0 Å². The maximum absolute atomic E-state index is 6.00. The molecule has 0 fully saturated rings. The number of nitrogens with zero attached hydrogens (tertiary/aromatic N) is 2. The van der Waals surface area contributed by atoms with Crippen LogP contribution in [0, 0.1) is 0 Å². The van der Waals surface area contributed by atoms with E-state index in [0.29, 0.717) is 12.5 Å². The number of nitrogens with one attached hydrogen (secondary N) is 1. The number of rotatable bonds is 3. The van der Waals surface area contributed by atoms with Gasteiger partial charge in [-0.1, -0.05) is 37.3 Å². The zero-order valence-corrected chi connectivity index (χ0v) is 15.7. The molecule has 0 radical (unpaired) electrons. The quantitative estimate of drug-likeness (QED) is 0.450. The van der Waals surface area contributed by atoms with Crippen molar-refractivity contribution >= 4 is 35.8 Å². The second-order valence-corrected chi connectivity index (χ2v) is 6.11. The minimum Gasteiger partial charge on any atom is -0.370 e. The van der Waals surface area contributed by atoms with E-state index in [2.05, 4.69) is 46.5 Å². The summed E-state index contributed by atoms with van der Waals surface area (Å²) in [7, 11) is 0. The summed E-state index contributed by atoms with van der Waals surface area (Å²) < 4.78 is 0. The van der Waals surface area contributed by atoms with Crippen molar-refractivity contribution in [3.05, 3.63) is 59.8 Å². The van der Waals surface area contributed by atoms with E-state index in [1.165, 1.54) is 17.5 Å². The Morgan fingerprint density at radius 2 is 2.04 bits per heavy atom. The highest BCUT2D eigenvalue weighted by atomic mass is 127. The van der Waals surface area contributed by atoms with Gasteiger partial charge in [-0.05, 0) is 42.5 Å². The lowest BCUT2D eigenvalue weighted by atomic mass is 9.71. The molecular formula is C18H23IN4. The molecule has 1 aromatic carbocycles. The van der Waals surface area contributed by atoms with Gasteiger partial charge in [-0.15, -0.1) is 24.0 Å². The summed E-state index contributed by atoms with van der Waals surface area (Å²) in [5.74, 6) is 1.14. The van der Waals surface area contributed by atoms with Gasteiger partial charge in [0.05, 0.1) is 6.54 Å². The van der Waals surface area contributed by atoms with E-state index < -0.39 is 0 Å². The third-order valence-corrected chi connectivity index (χ3v) is 4.36. The maximum Gasteiger partial charge on any atom is 0.194 e. The largest absolute Gasteiger partial charge is 0.370 e. The van der Waals surface area contributed by atoms with Gasteiger partial charge in [0.1, 0.15) is 5.82 Å². The first-order valence-electron chi connectivity index (χ1n) is 7.74. The van der Waals surface area contributed by atoms with Crippen molar-refractivity contribution in [2.45, 2.75) is 31.6 Å². The van der Waals surface area contributed by atoms with Crippen LogP contribution in [0.5, 0.6) is 0 Å². The van der Waals surface area contributed by atoms with Crippen molar-refractivity contribution < 1.29 is 0 Å². The highest BCUT2D eigenvalue weighted by Crippen LogP contribution is 2.37. The molecule has 1 aliphatic carbocycles. The zero-order valence-electron chi connectivity index (χ0n) is 13.3. The Kier molecular flexibility index (Phi) is 5.98. The average Bonchev–Trinajstić information content (AvgIpc) is 2.55. The predicted octanol–water partition coefficient (Wildman–Crippen LogP) is 3.72. The Hall–Kier alpha value is -1.63. The van der Waals surface area contributed by atoms with E-state index in [1.54, 1.807) is 6.20 Å². The molecule has 1 unspecified atom stereocenters. The molecule has 122 valence electrons. The first kappa shape index (κ1) is 17.7. The lowest BCUT2D eigenvalue weighted by molar-refractivity contribution is 0.405. The van der Waals surface area contributed by atoms with E-state index in [1.807, 2.05) is 18.2 Å². The van der Waals surface area contributed by atoms with Gasteiger partial charge < -0.3 is 11.1 Å². The van der Waals surface area contributed by atoms with Crippen LogP contribution < -0.4 is 11.1 Å². The molecule has 0 bridgehead atoms. The first-order chi connectivity index (χ1) is 10.7. The Morgan fingerprint density at radius 1 is 1.26 bits per heavy atom. The molecule has 0 saturated carbocycles. The summed E-state index contributed by atoms with van der Waals surface area (Å²) in [4.78, 5) is 8.75. The molecule has 3 N–H and O–H groups in total. The molecule has 23 heavy (non-hydrogen) atoms. The Morgan fingerprint density at radius 3 is 2.83 bits per heavy atom. The molecule has 0 aliphatic heterocycles. The summed E-state index contributed by atoms with van der Waals surface area (Å²) >= 11 is 0. The van der Waals surface area contributed by atoms with Crippen LogP contribution in [0.2, 0.25) is 0 Å². The Labute approximate surface area is 154 Å². The summed E-state index contributed by atoms with van der Waals surface area (Å²) in [6, 6.07) is 14.4. The van der Waals surface area contributed by atoms with E-state index in [0.717, 1.165) is 18.7 Å². The number of aryl methyl sites for hydroxylation is 1. The molecule has 4 nitrogen and oxygen atoms in total. The zero-order chi connectivity index (χ0) is 15.4. The van der Waals surface area contributed by atoms with Crippen molar-refractivity contribution in [1.29, 1.82) is 0 Å². The fourth-order valence-electron chi connectivity index (χ4n) is 3.16. The smallest absolute Gasteiger partial charge is 0.194 e. The molecule has 3 rings (SSSR count). The van der Waals surface area contributed by atoms with Crippen molar-refractivity contribution in [3.8, 4) is 0 Å². The average molecular weight is 422 g/mol.